The predicted octanol–water partition coefficient (Wildman–Crippen LogP) is 2.85. The molecule has 1 amide bonds. The highest BCUT2D eigenvalue weighted by molar-refractivity contribution is 7.13. The van der Waals surface area contributed by atoms with Crippen molar-refractivity contribution < 1.29 is 4.79 Å². The highest BCUT2D eigenvalue weighted by Gasteiger charge is 2.38. The van der Waals surface area contributed by atoms with Gasteiger partial charge in [0.25, 0.3) is 5.91 Å². The maximum Gasteiger partial charge on any atom is 0.275 e. The summed E-state index contributed by atoms with van der Waals surface area (Å²) in [7, 11) is 1.93. The fourth-order valence-corrected chi connectivity index (χ4v) is 5.01. The monoisotopic (exact) mass is 367 g/mol. The molecule has 1 N–H and O–H groups in total. The third-order valence-corrected chi connectivity index (χ3v) is 6.71. The van der Waals surface area contributed by atoms with Crippen molar-refractivity contribution in [2.75, 3.05) is 26.7 Å². The first-order chi connectivity index (χ1) is 12.7. The number of rotatable bonds is 3. The van der Waals surface area contributed by atoms with E-state index in [-0.39, 0.29) is 5.91 Å². The Hall–Kier alpha value is -2.25. The highest BCUT2D eigenvalue weighted by atomic mass is 32.1. The molecule has 6 nitrogen and oxygen atoms in total. The molecule has 0 aliphatic carbocycles. The molecule has 0 saturated carbocycles. The van der Waals surface area contributed by atoms with E-state index >= 15 is 0 Å². The first kappa shape index (κ1) is 16.0. The van der Waals surface area contributed by atoms with Gasteiger partial charge < -0.3 is 9.80 Å². The van der Waals surface area contributed by atoms with E-state index in [2.05, 4.69) is 20.1 Å². The van der Waals surface area contributed by atoms with E-state index in [1.807, 2.05) is 35.5 Å². The smallest absolute Gasteiger partial charge is 0.275 e. The first-order valence-electron chi connectivity index (χ1n) is 9.08. The third-order valence-electron chi connectivity index (χ3n) is 5.88. The molecule has 1 atom stereocenters. The van der Waals surface area contributed by atoms with Gasteiger partial charge in [-0.25, -0.2) is 4.98 Å². The summed E-state index contributed by atoms with van der Waals surface area (Å²) >= 11 is 1.60. The molecule has 7 heteroatoms. The van der Waals surface area contributed by atoms with Gasteiger partial charge in [0.15, 0.2) is 5.69 Å². The van der Waals surface area contributed by atoms with E-state index < -0.39 is 0 Å². The maximum absolute atomic E-state index is 13.1. The van der Waals surface area contributed by atoms with Crippen LogP contribution in [0.3, 0.4) is 0 Å². The molecule has 3 saturated heterocycles. The Balaban J connectivity index is 1.44. The van der Waals surface area contributed by atoms with Crippen molar-refractivity contribution in [2.45, 2.75) is 18.9 Å². The molecule has 1 unspecified atom stereocenters. The first-order valence-corrected chi connectivity index (χ1v) is 9.96. The fourth-order valence-electron chi connectivity index (χ4n) is 4.37. The minimum atomic E-state index is 0.0111. The zero-order valence-corrected chi connectivity index (χ0v) is 15.5. The zero-order valence-electron chi connectivity index (χ0n) is 14.7. The molecule has 2 bridgehead atoms. The minimum Gasteiger partial charge on any atom is -0.336 e. The van der Waals surface area contributed by atoms with Crippen molar-refractivity contribution in [3.05, 3.63) is 35.5 Å². The van der Waals surface area contributed by atoms with E-state index in [1.54, 1.807) is 17.5 Å². The number of aromatic amines is 1. The van der Waals surface area contributed by atoms with Crippen molar-refractivity contribution in [1.29, 1.82) is 0 Å². The molecular formula is C19H21N5OS. The summed E-state index contributed by atoms with van der Waals surface area (Å²) in [4.78, 5) is 21.9. The van der Waals surface area contributed by atoms with Crippen LogP contribution < -0.4 is 0 Å². The average Bonchev–Trinajstić information content (AvgIpc) is 3.37. The summed E-state index contributed by atoms with van der Waals surface area (Å²) in [5.74, 6) is 0.632. The Morgan fingerprint density at radius 1 is 1.35 bits per heavy atom. The number of nitrogens with one attached hydrogen (secondary N) is 1. The summed E-state index contributed by atoms with van der Waals surface area (Å²) in [6, 6.07) is 6.31. The number of fused-ring (bicyclic) bond motifs is 4. The van der Waals surface area contributed by atoms with Crippen molar-refractivity contribution in [3.63, 3.8) is 0 Å². The van der Waals surface area contributed by atoms with E-state index in [1.165, 1.54) is 25.9 Å². The van der Waals surface area contributed by atoms with Gasteiger partial charge in [-0.05, 0) is 44.0 Å². The normalized spacial score (nSPS) is 24.9. The molecule has 2 aromatic heterocycles. The molecule has 3 aliphatic rings. The lowest BCUT2D eigenvalue weighted by molar-refractivity contribution is 0.0160. The van der Waals surface area contributed by atoms with Gasteiger partial charge in [-0.1, -0.05) is 6.07 Å². The molecule has 26 heavy (non-hydrogen) atoms. The summed E-state index contributed by atoms with van der Waals surface area (Å²) < 4.78 is 0. The summed E-state index contributed by atoms with van der Waals surface area (Å²) in [6.07, 6.45) is 4.19. The molecule has 0 spiro atoms. The predicted molar refractivity (Wildman–Crippen MR) is 102 cm³/mol. The molecule has 6 rings (SSSR count). The van der Waals surface area contributed by atoms with Crippen LogP contribution in [0, 0.1) is 5.92 Å². The largest absolute Gasteiger partial charge is 0.336 e. The van der Waals surface area contributed by atoms with Gasteiger partial charge in [0.2, 0.25) is 0 Å². The number of hydrogen-bond donors (Lipinski definition) is 1. The molecule has 3 fully saturated rings. The molecule has 1 aromatic carbocycles. The lowest BCUT2D eigenvalue weighted by Gasteiger charge is -2.47. The van der Waals surface area contributed by atoms with Crippen LogP contribution in [-0.2, 0) is 0 Å². The Kier molecular flexibility index (Phi) is 3.79. The molecule has 134 valence electrons. The lowest BCUT2D eigenvalue weighted by atomic mass is 9.83. The number of hydrogen-bond acceptors (Lipinski definition) is 5. The number of carbonyl (C=O) groups is 1. The second kappa shape index (κ2) is 6.17. The molecule has 3 aliphatic heterocycles. The van der Waals surface area contributed by atoms with Crippen molar-refractivity contribution in [1.82, 2.24) is 25.0 Å². The van der Waals surface area contributed by atoms with Gasteiger partial charge >= 0.3 is 0 Å². The van der Waals surface area contributed by atoms with Crippen LogP contribution in [0.1, 0.15) is 23.3 Å². The van der Waals surface area contributed by atoms with Crippen molar-refractivity contribution >= 4 is 28.1 Å². The number of likely N-dealkylation sites (N-methyl/N-ethyl adjacent to an activating group) is 1. The summed E-state index contributed by atoms with van der Waals surface area (Å²) in [5, 5.41) is 11.2. The van der Waals surface area contributed by atoms with E-state index in [0.29, 0.717) is 17.7 Å². The van der Waals surface area contributed by atoms with Crippen LogP contribution in [0.4, 0.5) is 0 Å². The lowest BCUT2D eigenvalue weighted by Crippen LogP contribution is -2.57. The Morgan fingerprint density at radius 3 is 2.88 bits per heavy atom. The van der Waals surface area contributed by atoms with Crippen LogP contribution in [0.5, 0.6) is 0 Å². The van der Waals surface area contributed by atoms with E-state index in [0.717, 1.165) is 28.0 Å². The maximum atomic E-state index is 13.1. The standard InChI is InChI=1S/C19H21N5OS/c1-23(16-11-24-7-4-12(16)5-8-24)19(25)17-14-3-2-13(10-15(14)21-22-17)18-20-6-9-26-18/h2-3,6,9-10,12,16H,4-5,7-8,11H2,1H3,(H,21,22). The minimum absolute atomic E-state index is 0.0111. The Bertz CT molecular complexity index is 942. The van der Waals surface area contributed by atoms with Crippen molar-refractivity contribution in [2.24, 2.45) is 5.92 Å². The fraction of sp³-hybridized carbons (Fsp3) is 0.421. The average molecular weight is 367 g/mol. The Morgan fingerprint density at radius 2 is 2.19 bits per heavy atom. The van der Waals surface area contributed by atoms with E-state index in [9.17, 15) is 4.79 Å². The number of carbonyl (C=O) groups excluding carboxylic acids is 1. The third kappa shape index (κ3) is 2.54. The number of benzene rings is 1. The number of nitrogens with zero attached hydrogens (tertiary/aromatic N) is 4. The van der Waals surface area contributed by atoms with Gasteiger partial charge in [0, 0.05) is 42.2 Å². The molecule has 5 heterocycles. The van der Waals surface area contributed by atoms with Crippen LogP contribution in [-0.4, -0.2) is 63.6 Å². The van der Waals surface area contributed by atoms with E-state index in [4.69, 9.17) is 0 Å². The molecular weight excluding hydrogens is 346 g/mol. The summed E-state index contributed by atoms with van der Waals surface area (Å²) in [5.41, 5.74) is 2.44. The van der Waals surface area contributed by atoms with Crippen LogP contribution in [0.2, 0.25) is 0 Å². The molecule has 3 aromatic rings. The SMILES string of the molecule is CN(C(=O)c1n[nH]c2cc(-c3nccs3)ccc12)C1CN2CCC1CC2. The van der Waals surface area contributed by atoms with Gasteiger partial charge in [-0.15, -0.1) is 11.3 Å². The number of aromatic nitrogens is 3. The topological polar surface area (TPSA) is 65.1 Å². The van der Waals surface area contributed by atoms with Crippen LogP contribution in [0.15, 0.2) is 29.8 Å². The number of piperidine rings is 3. The summed E-state index contributed by atoms with van der Waals surface area (Å²) in [6.45, 7) is 3.34. The van der Waals surface area contributed by atoms with Gasteiger partial charge in [0.1, 0.15) is 5.01 Å². The Labute approximate surface area is 155 Å². The van der Waals surface area contributed by atoms with Crippen molar-refractivity contribution in [3.8, 4) is 10.6 Å². The number of thiazole rings is 1. The number of H-pyrrole nitrogens is 1. The number of amides is 1. The molecule has 0 radical (unpaired) electrons. The van der Waals surface area contributed by atoms with Gasteiger partial charge in [-0.3, -0.25) is 9.89 Å². The zero-order chi connectivity index (χ0) is 17.7. The van der Waals surface area contributed by atoms with Gasteiger partial charge in [-0.2, -0.15) is 5.10 Å². The quantitative estimate of drug-likeness (QED) is 0.773. The van der Waals surface area contributed by atoms with Crippen LogP contribution in [0.25, 0.3) is 21.5 Å². The van der Waals surface area contributed by atoms with Gasteiger partial charge in [0.05, 0.1) is 5.52 Å². The van der Waals surface area contributed by atoms with Crippen LogP contribution >= 0.6 is 11.3 Å². The highest BCUT2D eigenvalue weighted by Crippen LogP contribution is 2.32. The second-order valence-corrected chi connectivity index (χ2v) is 8.19. The second-order valence-electron chi connectivity index (χ2n) is 7.29.